The molecule has 0 fully saturated rings. The molecule has 0 N–H and O–H groups in total. The summed E-state index contributed by atoms with van der Waals surface area (Å²) in [5, 5.41) is 0. The van der Waals surface area contributed by atoms with E-state index in [1.54, 1.807) is 6.92 Å². The summed E-state index contributed by atoms with van der Waals surface area (Å²) in [7, 11) is 0. The van der Waals surface area contributed by atoms with Crippen molar-refractivity contribution in [1.82, 2.24) is 0 Å². The van der Waals surface area contributed by atoms with Gasteiger partial charge in [0.15, 0.2) is 0 Å². The van der Waals surface area contributed by atoms with E-state index >= 15 is 0 Å². The van der Waals surface area contributed by atoms with Crippen LogP contribution in [-0.2, 0) is 14.3 Å². The molecular weight excluding hydrogens is 143 g/mol. The van der Waals surface area contributed by atoms with Gasteiger partial charge in [0.2, 0.25) is 0 Å². The minimum atomic E-state index is -0.440. The topological polar surface area (TPSA) is 43.4 Å². The van der Waals surface area contributed by atoms with E-state index in [-0.39, 0.29) is 41.8 Å². The molecule has 0 aliphatic rings. The standard InChI is InChI=1S/C6H10O3.Na.H/c1-3-9-6(8)4-5(2)7;;/h3-4H2,1-2H3;;. The van der Waals surface area contributed by atoms with E-state index in [9.17, 15) is 9.59 Å². The quantitative estimate of drug-likeness (QED) is 0.323. The normalized spacial score (nSPS) is 7.80. The van der Waals surface area contributed by atoms with E-state index in [4.69, 9.17) is 0 Å². The van der Waals surface area contributed by atoms with Crippen LogP contribution in [0.2, 0.25) is 0 Å². The molecule has 0 saturated carbocycles. The van der Waals surface area contributed by atoms with Crippen LogP contribution in [0.5, 0.6) is 0 Å². The Kier molecular flexibility index (Phi) is 9.27. The number of hydrogen-bond acceptors (Lipinski definition) is 3. The molecule has 10 heavy (non-hydrogen) atoms. The Balaban J connectivity index is 0. The number of carbonyl (C=O) groups is 2. The van der Waals surface area contributed by atoms with Gasteiger partial charge in [-0.3, -0.25) is 9.59 Å². The van der Waals surface area contributed by atoms with Crippen molar-refractivity contribution in [2.24, 2.45) is 0 Å². The summed E-state index contributed by atoms with van der Waals surface area (Å²) in [6, 6.07) is 0. The Morgan fingerprint density at radius 3 is 2.20 bits per heavy atom. The SMILES string of the molecule is CCOC(=O)CC(C)=O.[NaH]. The summed E-state index contributed by atoms with van der Waals surface area (Å²) in [6.07, 6.45) is -0.103. The van der Waals surface area contributed by atoms with Gasteiger partial charge in [0.1, 0.15) is 12.2 Å². The van der Waals surface area contributed by atoms with Gasteiger partial charge in [-0.2, -0.15) is 0 Å². The Hall–Kier alpha value is 0.140. The van der Waals surface area contributed by atoms with E-state index in [2.05, 4.69) is 4.74 Å². The molecule has 0 saturated heterocycles. The molecule has 4 heteroatoms. The Morgan fingerprint density at radius 1 is 1.40 bits per heavy atom. The van der Waals surface area contributed by atoms with Crippen LogP contribution < -0.4 is 0 Å². The summed E-state index contributed by atoms with van der Waals surface area (Å²) in [6.45, 7) is 3.40. The van der Waals surface area contributed by atoms with Gasteiger partial charge in [-0.05, 0) is 13.8 Å². The van der Waals surface area contributed by atoms with E-state index in [1.165, 1.54) is 6.92 Å². The maximum atomic E-state index is 10.4. The van der Waals surface area contributed by atoms with Crippen LogP contribution in [0.1, 0.15) is 20.3 Å². The molecule has 0 aromatic heterocycles. The van der Waals surface area contributed by atoms with Crippen molar-refractivity contribution in [3.05, 3.63) is 0 Å². The molecule has 0 atom stereocenters. The molecule has 0 bridgehead atoms. The summed E-state index contributed by atoms with van der Waals surface area (Å²) in [5.74, 6) is -0.599. The van der Waals surface area contributed by atoms with Crippen LogP contribution in [0, 0.1) is 0 Å². The molecule has 0 amide bonds. The number of rotatable bonds is 3. The third kappa shape index (κ3) is 8.14. The number of esters is 1. The summed E-state index contributed by atoms with van der Waals surface area (Å²) in [5.41, 5.74) is 0. The third-order valence-electron chi connectivity index (χ3n) is 0.699. The number of ketones is 1. The summed E-state index contributed by atoms with van der Waals surface area (Å²) < 4.78 is 4.49. The molecule has 0 aromatic rings. The van der Waals surface area contributed by atoms with Crippen LogP contribution in [0.25, 0.3) is 0 Å². The summed E-state index contributed by atoms with van der Waals surface area (Å²) >= 11 is 0. The number of hydrogen-bond donors (Lipinski definition) is 0. The Bertz CT molecular complexity index is 122. The van der Waals surface area contributed by atoms with Gasteiger partial charge in [0.25, 0.3) is 0 Å². The van der Waals surface area contributed by atoms with Crippen molar-refractivity contribution in [2.75, 3.05) is 6.61 Å². The average Bonchev–Trinajstić information content (AvgIpc) is 1.63. The van der Waals surface area contributed by atoms with Gasteiger partial charge < -0.3 is 4.74 Å². The molecular formula is C6H11NaO3. The predicted octanol–water partition coefficient (Wildman–Crippen LogP) is -0.120. The van der Waals surface area contributed by atoms with Crippen LogP contribution in [-0.4, -0.2) is 47.9 Å². The van der Waals surface area contributed by atoms with Crippen molar-refractivity contribution in [3.8, 4) is 0 Å². The third-order valence-corrected chi connectivity index (χ3v) is 0.699. The van der Waals surface area contributed by atoms with Crippen LogP contribution in [0.15, 0.2) is 0 Å². The predicted molar refractivity (Wildman–Crippen MR) is 39.1 cm³/mol. The maximum absolute atomic E-state index is 10.4. The van der Waals surface area contributed by atoms with E-state index < -0.39 is 5.97 Å². The first-order valence-electron chi connectivity index (χ1n) is 2.82. The van der Waals surface area contributed by atoms with Gasteiger partial charge in [-0.15, -0.1) is 0 Å². The van der Waals surface area contributed by atoms with Crippen LogP contribution in [0.3, 0.4) is 0 Å². The second-order valence-electron chi connectivity index (χ2n) is 1.68. The second-order valence-corrected chi connectivity index (χ2v) is 1.68. The Morgan fingerprint density at radius 2 is 1.90 bits per heavy atom. The van der Waals surface area contributed by atoms with Gasteiger partial charge in [-0.1, -0.05) is 0 Å². The van der Waals surface area contributed by atoms with Crippen molar-refractivity contribution in [3.63, 3.8) is 0 Å². The fourth-order valence-corrected chi connectivity index (χ4v) is 0.415. The molecule has 0 rings (SSSR count). The van der Waals surface area contributed by atoms with Crippen molar-refractivity contribution >= 4 is 41.3 Å². The number of Topliss-reactive ketones (excluding diaryl/α,β-unsaturated/α-hetero) is 1. The summed E-state index contributed by atoms with van der Waals surface area (Å²) in [4.78, 5) is 20.6. The van der Waals surface area contributed by atoms with Crippen molar-refractivity contribution in [2.45, 2.75) is 20.3 Å². The fourth-order valence-electron chi connectivity index (χ4n) is 0.415. The monoisotopic (exact) mass is 154 g/mol. The molecule has 54 valence electrons. The number of ether oxygens (including phenoxy) is 1. The molecule has 0 aliphatic heterocycles. The molecule has 3 nitrogen and oxygen atoms in total. The first-order chi connectivity index (χ1) is 4.16. The van der Waals surface area contributed by atoms with Crippen molar-refractivity contribution < 1.29 is 14.3 Å². The molecule has 0 aromatic carbocycles. The first kappa shape index (κ1) is 12.8. The number of carbonyl (C=O) groups excluding carboxylic acids is 2. The van der Waals surface area contributed by atoms with Crippen LogP contribution in [0.4, 0.5) is 0 Å². The Labute approximate surface area is 82.4 Å². The molecule has 0 unspecified atom stereocenters. The minimum absolute atomic E-state index is 0. The van der Waals surface area contributed by atoms with E-state index in [1.807, 2.05) is 0 Å². The zero-order valence-electron chi connectivity index (χ0n) is 5.64. The molecule has 0 spiro atoms. The van der Waals surface area contributed by atoms with E-state index in [0.29, 0.717) is 6.61 Å². The van der Waals surface area contributed by atoms with Gasteiger partial charge in [0, 0.05) is 0 Å². The zero-order valence-corrected chi connectivity index (χ0v) is 5.64. The van der Waals surface area contributed by atoms with Gasteiger partial charge >= 0.3 is 35.5 Å². The first-order valence-corrected chi connectivity index (χ1v) is 2.82. The van der Waals surface area contributed by atoms with Crippen molar-refractivity contribution in [1.29, 1.82) is 0 Å². The van der Waals surface area contributed by atoms with Crippen LogP contribution >= 0.6 is 0 Å². The van der Waals surface area contributed by atoms with Gasteiger partial charge in [-0.25, -0.2) is 0 Å². The van der Waals surface area contributed by atoms with Gasteiger partial charge in [0.05, 0.1) is 6.61 Å². The molecule has 0 aliphatic carbocycles. The average molecular weight is 154 g/mol. The fraction of sp³-hybridized carbons (Fsp3) is 0.667. The molecule has 0 heterocycles. The second kappa shape index (κ2) is 7.25. The van der Waals surface area contributed by atoms with E-state index in [0.717, 1.165) is 0 Å². The molecule has 0 radical (unpaired) electrons. The zero-order chi connectivity index (χ0) is 7.28.